The molecule has 2 aromatic rings. The van der Waals surface area contributed by atoms with Crippen LogP contribution in [-0.4, -0.2) is 25.5 Å². The SMILES string of the molecule is Cn1cc([C@H]2CCCN2c2c(C#N)c(=O)n(C)c(=O)n2C)cn1. The van der Waals surface area contributed by atoms with Gasteiger partial charge < -0.3 is 4.90 Å². The minimum atomic E-state index is -0.553. The fourth-order valence-corrected chi connectivity index (χ4v) is 3.25. The number of nitriles is 1. The maximum Gasteiger partial charge on any atom is 0.332 e. The van der Waals surface area contributed by atoms with E-state index in [1.165, 1.54) is 11.6 Å². The largest absolute Gasteiger partial charge is 0.349 e. The normalized spacial score (nSPS) is 17.5. The van der Waals surface area contributed by atoms with Gasteiger partial charge >= 0.3 is 5.69 Å². The lowest BCUT2D eigenvalue weighted by Gasteiger charge is -2.28. The summed E-state index contributed by atoms with van der Waals surface area (Å²) in [6.07, 6.45) is 5.52. The number of aromatic nitrogens is 4. The molecule has 8 heteroatoms. The van der Waals surface area contributed by atoms with Crippen molar-refractivity contribution in [2.45, 2.75) is 18.9 Å². The van der Waals surface area contributed by atoms with Gasteiger partial charge in [0.1, 0.15) is 11.9 Å². The fraction of sp³-hybridized carbons (Fsp3) is 0.467. The van der Waals surface area contributed by atoms with E-state index in [1.54, 1.807) is 17.9 Å². The average Bonchev–Trinajstić information content (AvgIpc) is 3.17. The second kappa shape index (κ2) is 5.43. The molecule has 8 nitrogen and oxygen atoms in total. The molecule has 0 amide bonds. The Morgan fingerprint density at radius 2 is 2.00 bits per heavy atom. The summed E-state index contributed by atoms with van der Waals surface area (Å²) in [5, 5.41) is 13.6. The summed E-state index contributed by atoms with van der Waals surface area (Å²) in [7, 11) is 4.83. The summed E-state index contributed by atoms with van der Waals surface area (Å²) in [5.74, 6) is 0.395. The smallest absolute Gasteiger partial charge is 0.332 e. The van der Waals surface area contributed by atoms with Gasteiger partial charge in [-0.2, -0.15) is 10.4 Å². The molecule has 3 heterocycles. The molecule has 0 spiro atoms. The van der Waals surface area contributed by atoms with Crippen molar-refractivity contribution < 1.29 is 0 Å². The van der Waals surface area contributed by atoms with Crippen LogP contribution >= 0.6 is 0 Å². The Morgan fingerprint density at radius 1 is 1.26 bits per heavy atom. The van der Waals surface area contributed by atoms with Crippen molar-refractivity contribution in [3.8, 4) is 6.07 Å². The van der Waals surface area contributed by atoms with Gasteiger partial charge in [-0.05, 0) is 12.8 Å². The molecule has 1 fully saturated rings. The maximum atomic E-state index is 12.3. The number of aryl methyl sites for hydroxylation is 1. The van der Waals surface area contributed by atoms with E-state index >= 15 is 0 Å². The van der Waals surface area contributed by atoms with Gasteiger partial charge in [-0.15, -0.1) is 0 Å². The van der Waals surface area contributed by atoms with Crippen molar-refractivity contribution in [3.63, 3.8) is 0 Å². The first-order chi connectivity index (χ1) is 11.0. The second-order valence-corrected chi connectivity index (χ2v) is 5.81. The number of hydrogen-bond donors (Lipinski definition) is 0. The molecular formula is C15H18N6O2. The predicted octanol–water partition coefficient (Wildman–Crippen LogP) is 0.0307. The lowest BCUT2D eigenvalue weighted by Crippen LogP contribution is -2.42. The first-order valence-corrected chi connectivity index (χ1v) is 7.41. The van der Waals surface area contributed by atoms with E-state index in [2.05, 4.69) is 5.10 Å². The van der Waals surface area contributed by atoms with E-state index < -0.39 is 11.2 Å². The zero-order chi connectivity index (χ0) is 16.7. The van der Waals surface area contributed by atoms with Crippen molar-refractivity contribution in [3.05, 3.63) is 44.4 Å². The van der Waals surface area contributed by atoms with Crippen LogP contribution in [0.2, 0.25) is 0 Å². The van der Waals surface area contributed by atoms with Gasteiger partial charge in [0.05, 0.1) is 12.2 Å². The van der Waals surface area contributed by atoms with Crippen molar-refractivity contribution >= 4 is 5.82 Å². The molecule has 0 radical (unpaired) electrons. The Balaban J connectivity index is 2.20. The summed E-state index contributed by atoms with van der Waals surface area (Å²) in [4.78, 5) is 26.5. The molecule has 3 rings (SSSR count). The number of anilines is 1. The average molecular weight is 314 g/mol. The third-order valence-corrected chi connectivity index (χ3v) is 4.38. The lowest BCUT2D eigenvalue weighted by atomic mass is 10.1. The van der Waals surface area contributed by atoms with Crippen LogP contribution in [0.25, 0.3) is 0 Å². The van der Waals surface area contributed by atoms with E-state index in [4.69, 9.17) is 0 Å². The quantitative estimate of drug-likeness (QED) is 0.780. The molecule has 0 aromatic carbocycles. The Kier molecular flexibility index (Phi) is 3.56. The highest BCUT2D eigenvalue weighted by Crippen LogP contribution is 2.35. The third kappa shape index (κ3) is 2.25. The minimum Gasteiger partial charge on any atom is -0.349 e. The van der Waals surface area contributed by atoms with Crippen LogP contribution in [0.15, 0.2) is 22.0 Å². The van der Waals surface area contributed by atoms with E-state index in [9.17, 15) is 14.9 Å². The molecule has 1 aliphatic heterocycles. The molecule has 120 valence electrons. The Labute approximate surface area is 132 Å². The fourth-order valence-electron chi connectivity index (χ4n) is 3.25. The highest BCUT2D eigenvalue weighted by atomic mass is 16.2. The number of nitrogens with zero attached hydrogens (tertiary/aromatic N) is 6. The third-order valence-electron chi connectivity index (χ3n) is 4.38. The monoisotopic (exact) mass is 314 g/mol. The highest BCUT2D eigenvalue weighted by molar-refractivity contribution is 5.55. The number of hydrogen-bond acceptors (Lipinski definition) is 5. The molecule has 0 saturated carbocycles. The van der Waals surface area contributed by atoms with Gasteiger partial charge in [-0.3, -0.25) is 18.6 Å². The zero-order valence-corrected chi connectivity index (χ0v) is 13.4. The number of rotatable bonds is 2. The Bertz CT molecular complexity index is 914. The van der Waals surface area contributed by atoms with Crippen LogP contribution in [0.3, 0.4) is 0 Å². The molecule has 2 aromatic heterocycles. The first-order valence-electron chi connectivity index (χ1n) is 7.41. The molecule has 0 unspecified atom stereocenters. The van der Waals surface area contributed by atoms with Crippen molar-refractivity contribution in [2.75, 3.05) is 11.4 Å². The molecular weight excluding hydrogens is 296 g/mol. The summed E-state index contributed by atoms with van der Waals surface area (Å²) in [5.41, 5.74) is 0.0377. The molecule has 1 saturated heterocycles. The maximum absolute atomic E-state index is 12.3. The predicted molar refractivity (Wildman–Crippen MR) is 84.2 cm³/mol. The van der Waals surface area contributed by atoms with Crippen LogP contribution in [-0.2, 0) is 21.1 Å². The van der Waals surface area contributed by atoms with Crippen LogP contribution in [0.1, 0.15) is 30.0 Å². The molecule has 1 atom stereocenters. The van der Waals surface area contributed by atoms with Gasteiger partial charge in [0.2, 0.25) is 0 Å². The van der Waals surface area contributed by atoms with Crippen molar-refractivity contribution in [1.29, 1.82) is 5.26 Å². The van der Waals surface area contributed by atoms with Gasteiger partial charge in [0, 0.05) is 39.4 Å². The van der Waals surface area contributed by atoms with Crippen LogP contribution in [0.4, 0.5) is 5.82 Å². The first kappa shape index (κ1) is 15.1. The van der Waals surface area contributed by atoms with Crippen molar-refractivity contribution in [1.82, 2.24) is 18.9 Å². The molecule has 0 aliphatic carbocycles. The molecule has 23 heavy (non-hydrogen) atoms. The van der Waals surface area contributed by atoms with Crippen LogP contribution in [0, 0.1) is 11.3 Å². The lowest BCUT2D eigenvalue weighted by molar-refractivity contribution is 0.637. The summed E-state index contributed by atoms with van der Waals surface area (Å²) >= 11 is 0. The zero-order valence-electron chi connectivity index (χ0n) is 13.4. The van der Waals surface area contributed by atoms with Gasteiger partial charge in [0.25, 0.3) is 5.56 Å². The summed E-state index contributed by atoms with van der Waals surface area (Å²) < 4.78 is 4.08. The summed E-state index contributed by atoms with van der Waals surface area (Å²) in [6.45, 7) is 0.689. The molecule has 0 bridgehead atoms. The second-order valence-electron chi connectivity index (χ2n) is 5.81. The minimum absolute atomic E-state index is 0.00499. The topological polar surface area (TPSA) is 88.9 Å². The van der Waals surface area contributed by atoms with Crippen molar-refractivity contribution in [2.24, 2.45) is 21.1 Å². The highest BCUT2D eigenvalue weighted by Gasteiger charge is 2.32. The Morgan fingerprint density at radius 3 is 2.61 bits per heavy atom. The standard InChI is InChI=1S/C15H18N6O2/c1-18-9-10(8-17-18)12-5-4-6-21(12)13-11(7-16)14(22)20(3)15(23)19(13)2/h8-9,12H,4-6H2,1-3H3/t12-/m1/s1. The van der Waals surface area contributed by atoms with E-state index in [0.717, 1.165) is 23.0 Å². The summed E-state index contributed by atoms with van der Waals surface area (Å²) in [6, 6.07) is 1.98. The molecule has 0 N–H and O–H groups in total. The van der Waals surface area contributed by atoms with Gasteiger partial charge in [-0.1, -0.05) is 0 Å². The molecule has 1 aliphatic rings. The van der Waals surface area contributed by atoms with Gasteiger partial charge in [0.15, 0.2) is 5.56 Å². The van der Waals surface area contributed by atoms with Crippen LogP contribution in [0.5, 0.6) is 0 Å². The van der Waals surface area contributed by atoms with E-state index in [1.807, 2.05) is 24.2 Å². The van der Waals surface area contributed by atoms with Crippen LogP contribution < -0.4 is 16.1 Å². The van der Waals surface area contributed by atoms with E-state index in [0.29, 0.717) is 12.4 Å². The van der Waals surface area contributed by atoms with Gasteiger partial charge in [-0.25, -0.2) is 4.79 Å². The van der Waals surface area contributed by atoms with E-state index in [-0.39, 0.29) is 11.6 Å². The Hall–Kier alpha value is -2.82.